The van der Waals surface area contributed by atoms with Crippen LogP contribution in [0.15, 0.2) is 48.5 Å². The van der Waals surface area contributed by atoms with Gasteiger partial charge in [-0.2, -0.15) is 0 Å². The minimum absolute atomic E-state index is 0.268. The van der Waals surface area contributed by atoms with Crippen molar-refractivity contribution >= 4 is 0 Å². The van der Waals surface area contributed by atoms with E-state index in [-0.39, 0.29) is 11.6 Å². The highest BCUT2D eigenvalue weighted by atomic mass is 19.1. The summed E-state index contributed by atoms with van der Waals surface area (Å²) in [5, 5.41) is 0. The molecule has 0 aliphatic rings. The summed E-state index contributed by atoms with van der Waals surface area (Å²) in [5.41, 5.74) is 1.76. The maximum absolute atomic E-state index is 12.6. The lowest BCUT2D eigenvalue weighted by Gasteiger charge is -2.00. The predicted octanol–water partition coefficient (Wildman–Crippen LogP) is 3.63. The summed E-state index contributed by atoms with van der Waals surface area (Å²) in [4.78, 5) is 0. The molecule has 0 radical (unpaired) electrons. The molecule has 0 N–H and O–H groups in total. The molecular weight excluding hydrogens is 181 g/mol. The molecule has 0 nitrogen and oxygen atoms in total. The molecule has 2 heteroatoms. The first-order valence-electron chi connectivity index (χ1n) is 4.27. The van der Waals surface area contributed by atoms with Gasteiger partial charge in [-0.25, -0.2) is 8.78 Å². The Balaban J connectivity index is 2.40. The maximum Gasteiger partial charge on any atom is 0.123 e. The van der Waals surface area contributed by atoms with E-state index in [1.807, 2.05) is 0 Å². The Hall–Kier alpha value is -1.70. The Labute approximate surface area is 80.8 Å². The van der Waals surface area contributed by atoms with Crippen LogP contribution in [0.3, 0.4) is 0 Å². The molecule has 70 valence electrons. The second-order valence-corrected chi connectivity index (χ2v) is 3.01. The summed E-state index contributed by atoms with van der Waals surface area (Å²) in [5.74, 6) is -0.535. The van der Waals surface area contributed by atoms with Crippen LogP contribution in [0, 0.1) is 11.6 Å². The lowest BCUT2D eigenvalue weighted by Crippen LogP contribution is -1.79. The summed E-state index contributed by atoms with van der Waals surface area (Å²) in [7, 11) is 0. The summed E-state index contributed by atoms with van der Waals surface area (Å²) in [6.45, 7) is 0. The molecule has 14 heavy (non-hydrogen) atoms. The molecule has 0 unspecified atom stereocenters. The average Bonchev–Trinajstić information content (AvgIpc) is 2.21. The van der Waals surface area contributed by atoms with Crippen molar-refractivity contribution in [3.63, 3.8) is 0 Å². The van der Waals surface area contributed by atoms with Gasteiger partial charge in [-0.1, -0.05) is 24.3 Å². The third kappa shape index (κ3) is 1.79. The molecule has 0 aromatic heterocycles. The van der Waals surface area contributed by atoms with Crippen molar-refractivity contribution in [2.45, 2.75) is 0 Å². The number of rotatable bonds is 1. The van der Waals surface area contributed by atoms with Crippen molar-refractivity contribution in [1.29, 1.82) is 0 Å². The van der Waals surface area contributed by atoms with Crippen molar-refractivity contribution in [2.75, 3.05) is 0 Å². The van der Waals surface area contributed by atoms with Crippen LogP contribution in [0.4, 0.5) is 8.78 Å². The maximum atomic E-state index is 12.6. The Kier molecular flexibility index (Phi) is 2.27. The van der Waals surface area contributed by atoms with Gasteiger partial charge in [0.05, 0.1) is 0 Å². The van der Waals surface area contributed by atoms with Crippen molar-refractivity contribution in [3.05, 3.63) is 60.2 Å². The van der Waals surface area contributed by atoms with E-state index >= 15 is 0 Å². The first kappa shape index (κ1) is 8.88. The first-order chi connectivity index (χ1) is 6.75. The Morgan fingerprint density at radius 2 is 0.786 bits per heavy atom. The predicted molar refractivity (Wildman–Crippen MR) is 51.8 cm³/mol. The van der Waals surface area contributed by atoms with E-state index in [2.05, 4.69) is 0 Å². The van der Waals surface area contributed by atoms with Gasteiger partial charge in [0, 0.05) is 0 Å². The summed E-state index contributed by atoms with van der Waals surface area (Å²) in [6, 6.07) is 12.2. The number of hydrogen-bond donors (Lipinski definition) is 0. The molecule has 0 bridgehead atoms. The summed E-state index contributed by atoms with van der Waals surface area (Å²) < 4.78 is 25.2. The minimum atomic E-state index is -0.268. The monoisotopic (exact) mass is 189 g/mol. The van der Waals surface area contributed by atoms with Gasteiger partial charge >= 0.3 is 0 Å². The molecule has 0 saturated carbocycles. The van der Waals surface area contributed by atoms with Gasteiger partial charge in [0.2, 0.25) is 0 Å². The fourth-order valence-electron chi connectivity index (χ4n) is 1.28. The molecule has 0 fully saturated rings. The van der Waals surface area contributed by atoms with Gasteiger partial charge in [0.1, 0.15) is 11.6 Å². The highest BCUT2D eigenvalue weighted by Crippen LogP contribution is 2.19. The van der Waals surface area contributed by atoms with Crippen LogP contribution >= 0.6 is 0 Å². The summed E-state index contributed by atoms with van der Waals surface area (Å²) >= 11 is 0. The minimum Gasteiger partial charge on any atom is -0.207 e. The zero-order valence-electron chi connectivity index (χ0n) is 7.37. The topological polar surface area (TPSA) is 0 Å². The first-order valence-corrected chi connectivity index (χ1v) is 4.27. The van der Waals surface area contributed by atoms with Gasteiger partial charge in [-0.05, 0) is 35.4 Å². The number of hydrogen-bond acceptors (Lipinski definition) is 0. The second kappa shape index (κ2) is 3.58. The van der Waals surface area contributed by atoms with Crippen molar-refractivity contribution in [1.82, 2.24) is 0 Å². The van der Waals surface area contributed by atoms with E-state index in [1.54, 1.807) is 24.3 Å². The van der Waals surface area contributed by atoms with Crippen LogP contribution in [0.5, 0.6) is 0 Å². The van der Waals surface area contributed by atoms with Crippen molar-refractivity contribution < 1.29 is 8.78 Å². The van der Waals surface area contributed by atoms with Gasteiger partial charge in [0.25, 0.3) is 0 Å². The Morgan fingerprint density at radius 3 is 1.07 bits per heavy atom. The molecule has 2 aromatic carbocycles. The van der Waals surface area contributed by atoms with Crippen LogP contribution in [-0.2, 0) is 0 Å². The SMILES string of the molecule is Fc1ccc(-c2ccc([18F])cc2)cc1. The van der Waals surface area contributed by atoms with Gasteiger partial charge in [0.15, 0.2) is 0 Å². The highest BCUT2D eigenvalue weighted by molar-refractivity contribution is 5.62. The van der Waals surface area contributed by atoms with Crippen LogP contribution in [0.2, 0.25) is 0 Å². The molecule has 0 saturated heterocycles. The molecule has 0 atom stereocenters. The van der Waals surface area contributed by atoms with E-state index in [0.29, 0.717) is 0 Å². The highest BCUT2D eigenvalue weighted by Gasteiger charge is 1.97. The molecule has 0 heterocycles. The fraction of sp³-hybridized carbons (Fsp3) is 0. The molecular formula is C12H8F2. The van der Waals surface area contributed by atoms with E-state index in [0.717, 1.165) is 11.1 Å². The fourth-order valence-corrected chi connectivity index (χ4v) is 1.28. The smallest absolute Gasteiger partial charge is 0.123 e. The Morgan fingerprint density at radius 1 is 0.500 bits per heavy atom. The second-order valence-electron chi connectivity index (χ2n) is 3.01. The third-order valence-corrected chi connectivity index (χ3v) is 2.02. The lowest BCUT2D eigenvalue weighted by atomic mass is 10.1. The van der Waals surface area contributed by atoms with Crippen LogP contribution in [0.1, 0.15) is 0 Å². The molecule has 2 rings (SSSR count). The van der Waals surface area contributed by atoms with E-state index in [9.17, 15) is 8.78 Å². The van der Waals surface area contributed by atoms with Gasteiger partial charge < -0.3 is 0 Å². The third-order valence-electron chi connectivity index (χ3n) is 2.02. The molecule has 2 aromatic rings. The van der Waals surface area contributed by atoms with Gasteiger partial charge in [-0.15, -0.1) is 0 Å². The number of benzene rings is 2. The quantitative estimate of drug-likeness (QED) is 0.642. The largest absolute Gasteiger partial charge is 0.207 e. The lowest BCUT2D eigenvalue weighted by molar-refractivity contribution is 0.627. The normalized spacial score (nSPS) is 10.1. The molecule has 0 amide bonds. The van der Waals surface area contributed by atoms with Gasteiger partial charge in [-0.3, -0.25) is 0 Å². The zero-order chi connectivity index (χ0) is 9.97. The standard InChI is InChI=1S/C12H8F2/c13-11-5-1-9(2-6-11)10-3-7-12(14)8-4-10/h1-8H/i13-1. The van der Waals surface area contributed by atoms with E-state index in [1.165, 1.54) is 24.3 Å². The van der Waals surface area contributed by atoms with E-state index in [4.69, 9.17) is 0 Å². The van der Waals surface area contributed by atoms with Crippen LogP contribution in [-0.4, -0.2) is 0 Å². The number of halogens is 2. The Bertz CT molecular complexity index is 372. The summed E-state index contributed by atoms with van der Waals surface area (Å²) in [6.07, 6.45) is 0. The van der Waals surface area contributed by atoms with Crippen LogP contribution < -0.4 is 0 Å². The average molecular weight is 189 g/mol. The molecule has 0 spiro atoms. The van der Waals surface area contributed by atoms with E-state index < -0.39 is 0 Å². The molecule has 0 aliphatic carbocycles. The van der Waals surface area contributed by atoms with Crippen molar-refractivity contribution in [3.8, 4) is 11.1 Å². The van der Waals surface area contributed by atoms with Crippen molar-refractivity contribution in [2.24, 2.45) is 0 Å². The zero-order valence-corrected chi connectivity index (χ0v) is 7.37. The molecule has 0 aliphatic heterocycles. The van der Waals surface area contributed by atoms with Crippen LogP contribution in [0.25, 0.3) is 11.1 Å².